The van der Waals surface area contributed by atoms with Crippen LogP contribution in [-0.2, 0) is 13.6 Å². The third-order valence-electron chi connectivity index (χ3n) is 6.42. The van der Waals surface area contributed by atoms with Gasteiger partial charge in [0.05, 0.1) is 16.6 Å². The number of hydrogen-bond donors (Lipinski definition) is 1. The first kappa shape index (κ1) is 20.0. The first-order chi connectivity index (χ1) is 15.1. The highest BCUT2D eigenvalue weighted by Crippen LogP contribution is 2.40. The second-order valence-corrected chi connectivity index (χ2v) is 8.88. The highest BCUT2D eigenvalue weighted by molar-refractivity contribution is 6.06. The predicted octanol–water partition coefficient (Wildman–Crippen LogP) is 3.86. The fourth-order valence-electron chi connectivity index (χ4n) is 4.55. The molecule has 1 aliphatic carbocycles. The number of carbonyl (C=O) groups excluding carboxylic acids is 1. The minimum absolute atomic E-state index is 0.0708. The average Bonchev–Trinajstić information content (AvgIpc) is 3.61. The van der Waals surface area contributed by atoms with Crippen LogP contribution in [0.1, 0.15) is 71.8 Å². The average molecular weight is 419 g/mol. The molecule has 0 atom stereocenters. The van der Waals surface area contributed by atoms with E-state index in [2.05, 4.69) is 26.4 Å². The van der Waals surface area contributed by atoms with Crippen molar-refractivity contribution in [2.45, 2.75) is 57.9 Å². The summed E-state index contributed by atoms with van der Waals surface area (Å²) in [6.07, 6.45) is 9.16. The Morgan fingerprint density at radius 3 is 2.68 bits per heavy atom. The van der Waals surface area contributed by atoms with Gasteiger partial charge in [0.1, 0.15) is 5.82 Å². The molecule has 1 saturated carbocycles. The van der Waals surface area contributed by atoms with E-state index in [1.54, 1.807) is 4.68 Å². The molecule has 5 rings (SSSR count). The lowest BCUT2D eigenvalue weighted by atomic mass is 10.1. The van der Waals surface area contributed by atoms with Crippen molar-refractivity contribution in [2.75, 3.05) is 18.0 Å². The molecule has 0 spiro atoms. The summed E-state index contributed by atoms with van der Waals surface area (Å²) < 4.78 is 1.78. The summed E-state index contributed by atoms with van der Waals surface area (Å²) in [5.41, 5.74) is 4.38. The quantitative estimate of drug-likeness (QED) is 0.681. The number of aromatic nitrogens is 4. The Balaban J connectivity index is 1.36. The number of carbonyl (C=O) groups is 1. The molecule has 1 saturated heterocycles. The molecule has 0 radical (unpaired) electrons. The smallest absolute Gasteiger partial charge is 0.252 e. The second kappa shape index (κ2) is 8.29. The maximum atomic E-state index is 13.2. The van der Waals surface area contributed by atoms with Crippen LogP contribution >= 0.6 is 0 Å². The highest BCUT2D eigenvalue weighted by Gasteiger charge is 2.28. The molecule has 2 fully saturated rings. The third kappa shape index (κ3) is 4.13. The van der Waals surface area contributed by atoms with E-state index in [1.807, 2.05) is 32.3 Å². The van der Waals surface area contributed by atoms with E-state index >= 15 is 0 Å². The van der Waals surface area contributed by atoms with Gasteiger partial charge in [0.2, 0.25) is 0 Å². The van der Waals surface area contributed by atoms with Gasteiger partial charge in [-0.15, -0.1) is 0 Å². The van der Waals surface area contributed by atoms with Gasteiger partial charge < -0.3 is 10.2 Å². The van der Waals surface area contributed by atoms with Gasteiger partial charge in [-0.3, -0.25) is 9.48 Å². The minimum atomic E-state index is -0.0708. The van der Waals surface area contributed by atoms with E-state index < -0.39 is 0 Å². The van der Waals surface area contributed by atoms with Crippen LogP contribution in [0.5, 0.6) is 0 Å². The van der Waals surface area contributed by atoms with Crippen LogP contribution in [-0.4, -0.2) is 38.7 Å². The molecule has 3 aromatic heterocycles. The Kier molecular flexibility index (Phi) is 5.34. The molecule has 31 heavy (non-hydrogen) atoms. The van der Waals surface area contributed by atoms with Gasteiger partial charge >= 0.3 is 0 Å². The summed E-state index contributed by atoms with van der Waals surface area (Å²) in [6, 6.07) is 6.06. The number of pyridine rings is 2. The van der Waals surface area contributed by atoms with Crippen molar-refractivity contribution in [3.63, 3.8) is 0 Å². The zero-order valence-corrected chi connectivity index (χ0v) is 18.4. The Morgan fingerprint density at radius 2 is 1.94 bits per heavy atom. The predicted molar refractivity (Wildman–Crippen MR) is 121 cm³/mol. The number of hydrogen-bond acceptors (Lipinski definition) is 5. The van der Waals surface area contributed by atoms with Gasteiger partial charge in [-0.25, -0.2) is 9.97 Å². The zero-order chi connectivity index (χ0) is 21.4. The fraction of sp³-hybridized carbons (Fsp3) is 0.500. The number of amides is 1. The zero-order valence-electron chi connectivity index (χ0n) is 18.4. The standard InChI is InChI=1S/C24H30N6O/c1-16-22-19(14-20(18-7-8-18)27-23(22)29(2)28-16)24(31)26-15-17-9-10-25-21(13-17)30-11-5-3-4-6-12-30/h9-10,13-14,18H,3-8,11-12,15H2,1-2H3,(H,26,31). The Morgan fingerprint density at radius 1 is 1.16 bits per heavy atom. The van der Waals surface area contributed by atoms with E-state index in [1.165, 1.54) is 25.7 Å². The van der Waals surface area contributed by atoms with Crippen molar-refractivity contribution >= 4 is 22.8 Å². The molecule has 2 aliphatic rings. The molecule has 7 heteroatoms. The maximum Gasteiger partial charge on any atom is 0.252 e. The topological polar surface area (TPSA) is 75.9 Å². The summed E-state index contributed by atoms with van der Waals surface area (Å²) in [6.45, 7) is 4.53. The summed E-state index contributed by atoms with van der Waals surface area (Å²) in [5, 5.41) is 8.48. The molecule has 0 bridgehead atoms. The molecule has 0 unspecified atom stereocenters. The molecule has 1 N–H and O–H groups in total. The second-order valence-electron chi connectivity index (χ2n) is 8.88. The Bertz CT molecular complexity index is 1110. The maximum absolute atomic E-state index is 13.2. The number of aryl methyl sites for hydroxylation is 2. The van der Waals surface area contributed by atoms with Gasteiger partial charge in [0.25, 0.3) is 5.91 Å². The fourth-order valence-corrected chi connectivity index (χ4v) is 4.55. The van der Waals surface area contributed by atoms with Crippen LogP contribution in [0, 0.1) is 6.92 Å². The number of fused-ring (bicyclic) bond motifs is 1. The molecule has 1 amide bonds. The van der Waals surface area contributed by atoms with Gasteiger partial charge in [-0.2, -0.15) is 5.10 Å². The summed E-state index contributed by atoms with van der Waals surface area (Å²) >= 11 is 0. The lowest BCUT2D eigenvalue weighted by Gasteiger charge is -2.21. The van der Waals surface area contributed by atoms with Crippen molar-refractivity contribution in [1.29, 1.82) is 0 Å². The van der Waals surface area contributed by atoms with Crippen molar-refractivity contribution in [3.8, 4) is 0 Å². The van der Waals surface area contributed by atoms with Crippen molar-refractivity contribution in [2.24, 2.45) is 7.05 Å². The van der Waals surface area contributed by atoms with Crippen molar-refractivity contribution < 1.29 is 4.79 Å². The third-order valence-corrected chi connectivity index (χ3v) is 6.42. The molecular weight excluding hydrogens is 388 g/mol. The van der Waals surface area contributed by atoms with Crippen LogP contribution in [0.25, 0.3) is 11.0 Å². The van der Waals surface area contributed by atoms with Crippen LogP contribution in [0.4, 0.5) is 5.82 Å². The molecule has 1 aliphatic heterocycles. The molecule has 4 heterocycles. The Hall–Kier alpha value is -2.96. The summed E-state index contributed by atoms with van der Waals surface area (Å²) in [5.74, 6) is 1.42. The number of nitrogens with zero attached hydrogens (tertiary/aromatic N) is 5. The van der Waals surface area contributed by atoms with E-state index in [0.717, 1.165) is 59.7 Å². The van der Waals surface area contributed by atoms with Crippen molar-refractivity contribution in [1.82, 2.24) is 25.1 Å². The molecular formula is C24H30N6O. The summed E-state index contributed by atoms with van der Waals surface area (Å²) in [4.78, 5) is 25.0. The van der Waals surface area contributed by atoms with Crippen LogP contribution in [0.2, 0.25) is 0 Å². The number of nitrogens with one attached hydrogen (secondary N) is 1. The first-order valence-electron chi connectivity index (χ1n) is 11.4. The molecule has 3 aromatic rings. The SMILES string of the molecule is Cc1nn(C)c2nc(C3CC3)cc(C(=O)NCc3ccnc(N4CCCCCC4)c3)c12. The monoisotopic (exact) mass is 418 g/mol. The molecule has 162 valence electrons. The molecule has 7 nitrogen and oxygen atoms in total. The van der Waals surface area contributed by atoms with Crippen LogP contribution < -0.4 is 10.2 Å². The normalized spacial score (nSPS) is 17.0. The largest absolute Gasteiger partial charge is 0.357 e. The minimum Gasteiger partial charge on any atom is -0.357 e. The van der Waals surface area contributed by atoms with E-state index in [4.69, 9.17) is 4.98 Å². The highest BCUT2D eigenvalue weighted by atomic mass is 16.1. The van der Waals surface area contributed by atoms with E-state index in [9.17, 15) is 4.79 Å². The van der Waals surface area contributed by atoms with Gasteiger partial charge in [0.15, 0.2) is 5.65 Å². The number of anilines is 1. The number of rotatable bonds is 5. The van der Waals surface area contributed by atoms with Gasteiger partial charge in [-0.05, 0) is 56.4 Å². The first-order valence-corrected chi connectivity index (χ1v) is 11.4. The lowest BCUT2D eigenvalue weighted by Crippen LogP contribution is -2.26. The van der Waals surface area contributed by atoms with Crippen LogP contribution in [0.15, 0.2) is 24.4 Å². The molecule has 0 aromatic carbocycles. The van der Waals surface area contributed by atoms with E-state index in [0.29, 0.717) is 18.0 Å². The lowest BCUT2D eigenvalue weighted by molar-refractivity contribution is 0.0952. The Labute approximate surface area is 182 Å². The van der Waals surface area contributed by atoms with Gasteiger partial charge in [-0.1, -0.05) is 12.8 Å². The van der Waals surface area contributed by atoms with Gasteiger partial charge in [0, 0.05) is 44.5 Å². The summed E-state index contributed by atoms with van der Waals surface area (Å²) in [7, 11) is 1.89. The van der Waals surface area contributed by atoms with Crippen molar-refractivity contribution in [3.05, 3.63) is 46.9 Å². The van der Waals surface area contributed by atoms with Crippen LogP contribution in [0.3, 0.4) is 0 Å². The van der Waals surface area contributed by atoms with E-state index in [-0.39, 0.29) is 5.91 Å².